The van der Waals surface area contributed by atoms with Crippen LogP contribution in [0.5, 0.6) is 0 Å². The van der Waals surface area contributed by atoms with Gasteiger partial charge in [-0.05, 0) is 11.4 Å². The van der Waals surface area contributed by atoms with Crippen molar-refractivity contribution in [3.63, 3.8) is 0 Å². The molecule has 1 fully saturated rings. The van der Waals surface area contributed by atoms with Gasteiger partial charge in [-0.2, -0.15) is 0 Å². The number of carbonyl (C=O) groups is 1. The molecule has 0 aliphatic carbocycles. The summed E-state index contributed by atoms with van der Waals surface area (Å²) in [5.74, 6) is 0.376. The fourth-order valence-electron chi connectivity index (χ4n) is 1.79. The van der Waals surface area contributed by atoms with Gasteiger partial charge < -0.3 is 10.2 Å². The van der Waals surface area contributed by atoms with Crippen LogP contribution >= 0.6 is 11.3 Å². The first kappa shape index (κ1) is 10.6. The van der Waals surface area contributed by atoms with Gasteiger partial charge in [0.2, 0.25) is 5.91 Å². The summed E-state index contributed by atoms with van der Waals surface area (Å²) in [6.07, 6.45) is 0. The predicted octanol–water partition coefficient (Wildman–Crippen LogP) is 1.32. The Kier molecular flexibility index (Phi) is 3.38. The normalized spacial score (nSPS) is 22.9. The van der Waals surface area contributed by atoms with Crippen molar-refractivity contribution in [3.05, 3.63) is 22.4 Å². The maximum atomic E-state index is 12.0. The van der Waals surface area contributed by atoms with E-state index in [0.717, 1.165) is 26.2 Å². The van der Waals surface area contributed by atoms with Crippen molar-refractivity contribution < 1.29 is 4.79 Å². The van der Waals surface area contributed by atoms with E-state index in [1.165, 1.54) is 4.88 Å². The molecule has 1 N–H and O–H groups in total. The fraction of sp³-hybridized carbons (Fsp3) is 0.545. The highest BCUT2D eigenvalue weighted by atomic mass is 32.1. The van der Waals surface area contributed by atoms with Crippen molar-refractivity contribution in [1.29, 1.82) is 0 Å². The molecule has 0 bridgehead atoms. The molecular weight excluding hydrogens is 208 g/mol. The number of rotatable bonds is 2. The van der Waals surface area contributed by atoms with Gasteiger partial charge in [-0.1, -0.05) is 13.0 Å². The Balaban J connectivity index is 2.03. The first-order valence-electron chi connectivity index (χ1n) is 5.29. The van der Waals surface area contributed by atoms with E-state index in [1.54, 1.807) is 11.3 Å². The lowest BCUT2D eigenvalue weighted by Gasteiger charge is -2.21. The van der Waals surface area contributed by atoms with Gasteiger partial charge in [-0.3, -0.25) is 4.79 Å². The second kappa shape index (κ2) is 4.77. The molecule has 1 aliphatic heterocycles. The van der Waals surface area contributed by atoms with Crippen LogP contribution in [-0.4, -0.2) is 30.4 Å². The molecule has 2 heterocycles. The smallest absolute Gasteiger partial charge is 0.227 e. The van der Waals surface area contributed by atoms with Gasteiger partial charge in [0.15, 0.2) is 0 Å². The van der Waals surface area contributed by atoms with E-state index in [9.17, 15) is 4.79 Å². The Bertz CT molecular complexity index is 323. The summed E-state index contributed by atoms with van der Waals surface area (Å²) < 4.78 is 0. The third-order valence-electron chi connectivity index (χ3n) is 2.67. The number of nitrogens with zero attached hydrogens (tertiary/aromatic N) is 1. The zero-order valence-corrected chi connectivity index (χ0v) is 9.72. The monoisotopic (exact) mass is 224 g/mol. The van der Waals surface area contributed by atoms with Crippen LogP contribution in [0, 0.1) is 5.92 Å². The second-order valence-electron chi connectivity index (χ2n) is 3.94. The van der Waals surface area contributed by atoms with E-state index in [4.69, 9.17) is 0 Å². The second-order valence-corrected chi connectivity index (χ2v) is 4.98. The first-order valence-corrected chi connectivity index (χ1v) is 6.17. The lowest BCUT2D eigenvalue weighted by atomic mass is 10.1. The van der Waals surface area contributed by atoms with Gasteiger partial charge in [0, 0.05) is 30.4 Å². The Morgan fingerprint density at radius 2 is 2.53 bits per heavy atom. The lowest BCUT2D eigenvalue weighted by molar-refractivity contribution is -0.134. The third kappa shape index (κ3) is 2.58. The van der Waals surface area contributed by atoms with E-state index in [2.05, 4.69) is 16.8 Å². The molecule has 1 aliphatic rings. The number of thiophene rings is 1. The molecule has 1 atom stereocenters. The standard InChI is InChI=1S/C11H16N2OS/c1-9-7-12-4-5-13(11(9)14)8-10-3-2-6-15-10/h2-3,6,9,12H,4-5,7-8H2,1H3. The minimum absolute atomic E-state index is 0.104. The Hall–Kier alpha value is -0.870. The van der Waals surface area contributed by atoms with Crippen LogP contribution in [0.3, 0.4) is 0 Å². The molecule has 82 valence electrons. The topological polar surface area (TPSA) is 32.3 Å². The molecule has 0 saturated carbocycles. The Morgan fingerprint density at radius 3 is 3.27 bits per heavy atom. The van der Waals surface area contributed by atoms with Crippen molar-refractivity contribution in [2.75, 3.05) is 19.6 Å². The molecule has 3 nitrogen and oxygen atoms in total. The SMILES string of the molecule is CC1CNCCN(Cc2cccs2)C1=O. The quantitative estimate of drug-likeness (QED) is 0.821. The van der Waals surface area contributed by atoms with Crippen molar-refractivity contribution in [3.8, 4) is 0 Å². The van der Waals surface area contributed by atoms with Crippen LogP contribution in [-0.2, 0) is 11.3 Å². The Morgan fingerprint density at radius 1 is 1.67 bits per heavy atom. The average molecular weight is 224 g/mol. The van der Waals surface area contributed by atoms with Crippen molar-refractivity contribution in [2.45, 2.75) is 13.5 Å². The van der Waals surface area contributed by atoms with Crippen LogP contribution < -0.4 is 5.32 Å². The van der Waals surface area contributed by atoms with E-state index in [1.807, 2.05) is 17.9 Å². The van der Waals surface area contributed by atoms with Gasteiger partial charge in [0.25, 0.3) is 0 Å². The summed E-state index contributed by atoms with van der Waals surface area (Å²) in [7, 11) is 0. The minimum Gasteiger partial charge on any atom is -0.336 e. The average Bonchev–Trinajstić information content (AvgIpc) is 2.68. The molecule has 1 saturated heterocycles. The van der Waals surface area contributed by atoms with Gasteiger partial charge in [-0.25, -0.2) is 0 Å². The molecule has 0 spiro atoms. The summed E-state index contributed by atoms with van der Waals surface area (Å²) in [6, 6.07) is 4.12. The van der Waals surface area contributed by atoms with Crippen molar-refractivity contribution >= 4 is 17.2 Å². The van der Waals surface area contributed by atoms with Gasteiger partial charge in [0.05, 0.1) is 6.54 Å². The van der Waals surface area contributed by atoms with Crippen molar-refractivity contribution in [1.82, 2.24) is 10.2 Å². The molecule has 2 rings (SSSR count). The molecule has 0 radical (unpaired) electrons. The maximum Gasteiger partial charge on any atom is 0.227 e. The molecule has 1 aromatic heterocycles. The minimum atomic E-state index is 0.104. The van der Waals surface area contributed by atoms with Crippen LogP contribution in [0.25, 0.3) is 0 Å². The zero-order chi connectivity index (χ0) is 10.7. The summed E-state index contributed by atoms with van der Waals surface area (Å²) in [4.78, 5) is 15.2. The molecule has 1 unspecified atom stereocenters. The molecule has 0 aromatic carbocycles. The van der Waals surface area contributed by atoms with E-state index in [0.29, 0.717) is 0 Å². The van der Waals surface area contributed by atoms with Crippen molar-refractivity contribution in [2.24, 2.45) is 5.92 Å². The summed E-state index contributed by atoms with van der Waals surface area (Å²) >= 11 is 1.71. The highest BCUT2D eigenvalue weighted by Gasteiger charge is 2.23. The van der Waals surface area contributed by atoms with E-state index in [-0.39, 0.29) is 11.8 Å². The molecule has 1 amide bonds. The number of hydrogen-bond acceptors (Lipinski definition) is 3. The van der Waals surface area contributed by atoms with Gasteiger partial charge in [0.1, 0.15) is 0 Å². The number of amides is 1. The predicted molar refractivity (Wildman–Crippen MR) is 61.8 cm³/mol. The summed E-state index contributed by atoms with van der Waals surface area (Å²) in [5, 5.41) is 5.33. The van der Waals surface area contributed by atoms with Crippen LogP contribution in [0.2, 0.25) is 0 Å². The highest BCUT2D eigenvalue weighted by Crippen LogP contribution is 2.14. The first-order chi connectivity index (χ1) is 7.27. The highest BCUT2D eigenvalue weighted by molar-refractivity contribution is 7.09. The number of carbonyl (C=O) groups excluding carboxylic acids is 1. The van der Waals surface area contributed by atoms with Crippen LogP contribution in [0.4, 0.5) is 0 Å². The molecule has 4 heteroatoms. The van der Waals surface area contributed by atoms with Crippen LogP contribution in [0.15, 0.2) is 17.5 Å². The number of hydrogen-bond donors (Lipinski definition) is 1. The zero-order valence-electron chi connectivity index (χ0n) is 8.90. The maximum absolute atomic E-state index is 12.0. The summed E-state index contributed by atoms with van der Waals surface area (Å²) in [6.45, 7) is 5.28. The van der Waals surface area contributed by atoms with Crippen LogP contribution in [0.1, 0.15) is 11.8 Å². The lowest BCUT2D eigenvalue weighted by Crippen LogP contribution is -2.34. The largest absolute Gasteiger partial charge is 0.336 e. The van der Waals surface area contributed by atoms with E-state index < -0.39 is 0 Å². The fourth-order valence-corrected chi connectivity index (χ4v) is 2.51. The van der Waals surface area contributed by atoms with Gasteiger partial charge in [-0.15, -0.1) is 11.3 Å². The molecule has 1 aromatic rings. The number of nitrogens with one attached hydrogen (secondary N) is 1. The Labute approximate surface area is 94.1 Å². The molecular formula is C11H16N2OS. The van der Waals surface area contributed by atoms with Gasteiger partial charge >= 0.3 is 0 Å². The third-order valence-corrected chi connectivity index (χ3v) is 3.53. The molecule has 15 heavy (non-hydrogen) atoms. The van der Waals surface area contributed by atoms with E-state index >= 15 is 0 Å². The summed E-state index contributed by atoms with van der Waals surface area (Å²) in [5.41, 5.74) is 0.